The van der Waals surface area contributed by atoms with Gasteiger partial charge >= 0.3 is 0 Å². The highest BCUT2D eigenvalue weighted by atomic mass is 14.5. The lowest BCUT2D eigenvalue weighted by molar-refractivity contribution is 0.250. The first-order valence-corrected chi connectivity index (χ1v) is 20.4. The molecule has 268 valence electrons. The van der Waals surface area contributed by atoms with Gasteiger partial charge in [0.25, 0.3) is 0 Å². The average molecular weight is 671 g/mol. The van der Waals surface area contributed by atoms with Crippen LogP contribution in [-0.4, -0.2) is 0 Å². The minimum Gasteiger partial charge on any atom is -0.399 e. The average Bonchev–Trinajstić information content (AvgIpc) is 3.15. The number of rotatable bonds is 19. The van der Waals surface area contributed by atoms with Gasteiger partial charge in [0, 0.05) is 28.6 Å². The van der Waals surface area contributed by atoms with E-state index in [1.165, 1.54) is 117 Å². The molecule has 0 aliphatic heterocycles. The van der Waals surface area contributed by atoms with Gasteiger partial charge in [0.15, 0.2) is 0 Å². The summed E-state index contributed by atoms with van der Waals surface area (Å²) in [6.45, 7) is 6.89. The maximum atomic E-state index is 6.05. The summed E-state index contributed by atoms with van der Waals surface area (Å²) in [4.78, 5) is 0. The first-order valence-electron chi connectivity index (χ1n) is 20.4. The lowest BCUT2D eigenvalue weighted by Crippen LogP contribution is -2.33. The summed E-state index contributed by atoms with van der Waals surface area (Å²) in [6, 6.07) is 36.8. The van der Waals surface area contributed by atoms with E-state index in [4.69, 9.17) is 11.5 Å². The minimum atomic E-state index is 0.0652. The lowest BCUT2D eigenvalue weighted by Gasteiger charge is -2.42. The van der Waals surface area contributed by atoms with Gasteiger partial charge in [-0.3, -0.25) is 0 Å². The molecule has 4 aromatic rings. The highest BCUT2D eigenvalue weighted by Gasteiger charge is 2.38. The predicted molar refractivity (Wildman–Crippen MR) is 218 cm³/mol. The van der Waals surface area contributed by atoms with E-state index in [-0.39, 0.29) is 5.41 Å². The van der Waals surface area contributed by atoms with Gasteiger partial charge in [0.05, 0.1) is 0 Å². The van der Waals surface area contributed by atoms with Crippen molar-refractivity contribution in [3.8, 4) is 0 Å². The number of hydrogen-bond acceptors (Lipinski definition) is 2. The van der Waals surface area contributed by atoms with Crippen molar-refractivity contribution >= 4 is 11.4 Å². The van der Waals surface area contributed by atoms with Crippen molar-refractivity contribution in [1.29, 1.82) is 0 Å². The van der Waals surface area contributed by atoms with Gasteiger partial charge in [0.2, 0.25) is 0 Å². The highest BCUT2D eigenvalue weighted by Crippen LogP contribution is 2.48. The van der Waals surface area contributed by atoms with Crippen LogP contribution in [0.4, 0.5) is 11.4 Å². The second-order valence-corrected chi connectivity index (χ2v) is 15.5. The molecule has 1 saturated carbocycles. The Morgan fingerprint density at radius 1 is 0.480 bits per heavy atom. The molecule has 1 aliphatic rings. The zero-order chi connectivity index (χ0) is 35.2. The van der Waals surface area contributed by atoms with E-state index in [1.54, 1.807) is 0 Å². The molecule has 2 heteroatoms. The van der Waals surface area contributed by atoms with Crippen LogP contribution < -0.4 is 11.5 Å². The van der Waals surface area contributed by atoms with E-state index in [0.29, 0.717) is 11.8 Å². The van der Waals surface area contributed by atoms with Crippen LogP contribution in [-0.2, 0) is 5.41 Å². The van der Waals surface area contributed by atoms with Crippen LogP contribution in [0.15, 0.2) is 97.1 Å². The first kappa shape index (κ1) is 37.7. The van der Waals surface area contributed by atoms with Crippen LogP contribution >= 0.6 is 0 Å². The third-order valence-electron chi connectivity index (χ3n) is 12.0. The van der Waals surface area contributed by atoms with Crippen LogP contribution in [0.1, 0.15) is 175 Å². The van der Waals surface area contributed by atoms with E-state index >= 15 is 0 Å². The Hall–Kier alpha value is -3.52. The smallest absolute Gasteiger partial charge is 0.0314 e. The van der Waals surface area contributed by atoms with Gasteiger partial charge in [-0.25, -0.2) is 0 Å². The molecule has 0 bridgehead atoms. The molecular weight excluding hydrogens is 605 g/mol. The Balaban J connectivity index is 1.36. The predicted octanol–water partition coefficient (Wildman–Crippen LogP) is 13.7. The normalized spacial score (nSPS) is 18.9. The van der Waals surface area contributed by atoms with Crippen LogP contribution in [0, 0.1) is 5.92 Å². The van der Waals surface area contributed by atoms with E-state index in [1.807, 2.05) is 0 Å². The van der Waals surface area contributed by atoms with Crippen molar-refractivity contribution in [2.75, 3.05) is 11.5 Å². The molecule has 2 atom stereocenters. The number of unbranched alkanes of at least 4 members (excludes halogenated alkanes) is 7. The van der Waals surface area contributed by atoms with Gasteiger partial charge in [-0.05, 0) is 102 Å². The van der Waals surface area contributed by atoms with Crippen molar-refractivity contribution in [2.45, 2.75) is 147 Å². The third kappa shape index (κ3) is 9.83. The summed E-state index contributed by atoms with van der Waals surface area (Å²) in [7, 11) is 0. The number of benzene rings is 4. The fourth-order valence-electron chi connectivity index (χ4n) is 8.92. The molecule has 0 saturated heterocycles. The zero-order valence-corrected chi connectivity index (χ0v) is 31.6. The van der Waals surface area contributed by atoms with Crippen LogP contribution in [0.25, 0.3) is 0 Å². The minimum absolute atomic E-state index is 0.0652. The second-order valence-electron chi connectivity index (χ2n) is 15.5. The fraction of sp³-hybridized carbons (Fsp3) is 0.500. The fourth-order valence-corrected chi connectivity index (χ4v) is 8.92. The topological polar surface area (TPSA) is 52.0 Å². The standard InChI is InChI=1S/C48H66N2/c1-4-7-8-9-10-11-12-13-16-37-33-35-48(36-34-37,42-25-17-38(18-26-42)46(14-5-2)40-21-29-44(49)30-22-40)43-27-19-39(20-28-43)47(15-6-3)41-23-31-45(50)32-24-41/h17-32,37,46-47H,4-16,33-36,49-50H2,1-3H3. The summed E-state index contributed by atoms with van der Waals surface area (Å²) < 4.78 is 0. The Morgan fingerprint density at radius 3 is 1.22 bits per heavy atom. The van der Waals surface area contributed by atoms with E-state index in [2.05, 4.69) is 118 Å². The van der Waals surface area contributed by atoms with Gasteiger partial charge in [0.1, 0.15) is 0 Å². The number of anilines is 2. The molecule has 1 aliphatic carbocycles. The Bertz CT molecular complexity index is 1410. The van der Waals surface area contributed by atoms with Gasteiger partial charge in [-0.15, -0.1) is 0 Å². The molecule has 0 heterocycles. The van der Waals surface area contributed by atoms with Gasteiger partial charge in [-0.1, -0.05) is 164 Å². The first-order chi connectivity index (χ1) is 24.5. The van der Waals surface area contributed by atoms with E-state index in [9.17, 15) is 0 Å². The molecule has 2 nitrogen and oxygen atoms in total. The van der Waals surface area contributed by atoms with E-state index in [0.717, 1.165) is 43.0 Å². The van der Waals surface area contributed by atoms with Gasteiger partial charge < -0.3 is 11.5 Å². The van der Waals surface area contributed by atoms with Crippen LogP contribution in [0.2, 0.25) is 0 Å². The second kappa shape index (κ2) is 19.2. The Kier molecular flexibility index (Phi) is 14.5. The molecular formula is C48H66N2. The van der Waals surface area contributed by atoms with Gasteiger partial charge in [-0.2, -0.15) is 0 Å². The summed E-state index contributed by atoms with van der Waals surface area (Å²) in [6.07, 6.45) is 22.4. The largest absolute Gasteiger partial charge is 0.399 e. The summed E-state index contributed by atoms with van der Waals surface area (Å²) >= 11 is 0. The molecule has 50 heavy (non-hydrogen) atoms. The molecule has 4 aromatic carbocycles. The summed E-state index contributed by atoms with van der Waals surface area (Å²) in [5.74, 6) is 1.66. The Morgan fingerprint density at radius 2 is 0.840 bits per heavy atom. The summed E-state index contributed by atoms with van der Waals surface area (Å²) in [5, 5.41) is 0. The lowest BCUT2D eigenvalue weighted by atomic mass is 9.62. The molecule has 5 rings (SSSR count). The maximum absolute atomic E-state index is 6.05. The van der Waals surface area contributed by atoms with Crippen molar-refractivity contribution in [3.05, 3.63) is 130 Å². The molecule has 0 spiro atoms. The van der Waals surface area contributed by atoms with Crippen molar-refractivity contribution < 1.29 is 0 Å². The molecule has 4 N–H and O–H groups in total. The maximum Gasteiger partial charge on any atom is 0.0314 e. The third-order valence-corrected chi connectivity index (χ3v) is 12.0. The van der Waals surface area contributed by atoms with Crippen LogP contribution in [0.5, 0.6) is 0 Å². The summed E-state index contributed by atoms with van der Waals surface area (Å²) in [5.41, 5.74) is 22.4. The van der Waals surface area contributed by atoms with Crippen molar-refractivity contribution in [3.63, 3.8) is 0 Å². The number of nitrogen functional groups attached to an aromatic ring is 2. The molecule has 2 unspecified atom stereocenters. The highest BCUT2D eigenvalue weighted by molar-refractivity contribution is 5.47. The molecule has 0 aromatic heterocycles. The number of nitrogens with two attached hydrogens (primary N) is 2. The zero-order valence-electron chi connectivity index (χ0n) is 31.6. The Labute approximate surface area is 305 Å². The number of hydrogen-bond donors (Lipinski definition) is 2. The SMILES string of the molecule is CCCCCCCCCCC1CCC(c2ccc(C(CCC)c3ccc(N)cc3)cc2)(c2ccc(C(CCC)c3ccc(N)cc3)cc2)CC1. The molecule has 0 amide bonds. The van der Waals surface area contributed by atoms with E-state index < -0.39 is 0 Å². The van der Waals surface area contributed by atoms with Crippen molar-refractivity contribution in [1.82, 2.24) is 0 Å². The van der Waals surface area contributed by atoms with Crippen molar-refractivity contribution in [2.24, 2.45) is 5.92 Å². The molecule has 0 radical (unpaired) electrons. The monoisotopic (exact) mass is 671 g/mol. The van der Waals surface area contributed by atoms with Crippen LogP contribution in [0.3, 0.4) is 0 Å². The molecule has 1 fully saturated rings. The quantitative estimate of drug-likeness (QED) is 0.0770.